The average Bonchev–Trinajstić information content (AvgIpc) is 3.27. The summed E-state index contributed by atoms with van der Waals surface area (Å²) in [6.45, 7) is 5.75. The first-order chi connectivity index (χ1) is 20.0. The van der Waals surface area contributed by atoms with Gasteiger partial charge in [0.2, 0.25) is 5.91 Å². The smallest absolute Gasteiger partial charge is 0.377 e. The number of pyridine rings is 2. The molecule has 228 valence electrons. The van der Waals surface area contributed by atoms with Crippen molar-refractivity contribution < 1.29 is 32.3 Å². The summed E-state index contributed by atoms with van der Waals surface area (Å²) < 4.78 is 59.0. The summed E-state index contributed by atoms with van der Waals surface area (Å²) in [5.74, 6) is -4.39. The molecule has 7 nitrogen and oxygen atoms in total. The van der Waals surface area contributed by atoms with E-state index < -0.39 is 46.4 Å². The van der Waals surface area contributed by atoms with Gasteiger partial charge in [-0.05, 0) is 64.2 Å². The Bertz CT molecular complexity index is 1800. The second-order valence-corrected chi connectivity index (χ2v) is 13.6. The molecule has 1 unspecified atom stereocenters. The van der Waals surface area contributed by atoms with E-state index in [1.807, 2.05) is 0 Å². The minimum atomic E-state index is -4.79. The fourth-order valence-corrected chi connectivity index (χ4v) is 7.68. The lowest BCUT2D eigenvalue weighted by atomic mass is 9.77. The highest BCUT2D eigenvalue weighted by Gasteiger charge is 2.52. The second kappa shape index (κ2) is 9.69. The quantitative estimate of drug-likeness (QED) is 0.271. The zero-order valence-electron chi connectivity index (χ0n) is 24.0. The molecule has 1 aromatic carbocycles. The Morgan fingerprint density at radius 1 is 1.16 bits per heavy atom. The van der Waals surface area contributed by atoms with E-state index in [0.29, 0.717) is 39.0 Å². The number of carbonyl (C=O) groups excluding carboxylic acids is 2. The lowest BCUT2D eigenvalue weighted by Crippen LogP contribution is -2.47. The van der Waals surface area contributed by atoms with Gasteiger partial charge < -0.3 is 15.0 Å². The SMILES string of the molecule is CC[C@@]1(O)C(=O)CCc2c1cc1n(c2=O)Cc2c-1nc1cc(F)c(Br)c3c1c2[C@@H](NC(=O)C(C(C)(C)C)C(F)(F)F)CC3. The predicted octanol–water partition coefficient (Wildman–Crippen LogP) is 5.77. The molecule has 43 heavy (non-hydrogen) atoms. The summed E-state index contributed by atoms with van der Waals surface area (Å²) in [6, 6.07) is 1.94. The van der Waals surface area contributed by atoms with Crippen molar-refractivity contribution in [3.63, 3.8) is 0 Å². The molecule has 12 heteroatoms. The van der Waals surface area contributed by atoms with Crippen LogP contribution in [0, 0.1) is 17.2 Å². The van der Waals surface area contributed by atoms with Gasteiger partial charge in [-0.25, -0.2) is 9.37 Å². The Hall–Kier alpha value is -3.12. The highest BCUT2D eigenvalue weighted by Crippen LogP contribution is 2.48. The molecule has 3 aliphatic rings. The van der Waals surface area contributed by atoms with Crippen molar-refractivity contribution >= 4 is 38.5 Å². The summed E-state index contributed by atoms with van der Waals surface area (Å²) in [5, 5.41) is 14.5. The van der Waals surface area contributed by atoms with Crippen molar-refractivity contribution in [3.8, 4) is 11.4 Å². The topological polar surface area (TPSA) is 101 Å². The van der Waals surface area contributed by atoms with Crippen LogP contribution in [0.5, 0.6) is 0 Å². The summed E-state index contributed by atoms with van der Waals surface area (Å²) in [4.78, 5) is 44.6. The van der Waals surface area contributed by atoms with Crippen LogP contribution in [0.4, 0.5) is 17.6 Å². The van der Waals surface area contributed by atoms with Crippen molar-refractivity contribution in [2.75, 3.05) is 0 Å². The first-order valence-corrected chi connectivity index (χ1v) is 15.0. The molecule has 2 N–H and O–H groups in total. The number of benzene rings is 1. The maximum atomic E-state index is 15.0. The van der Waals surface area contributed by atoms with Crippen molar-refractivity contribution in [2.24, 2.45) is 11.3 Å². The van der Waals surface area contributed by atoms with E-state index in [-0.39, 0.29) is 60.0 Å². The molecule has 0 saturated heterocycles. The lowest BCUT2D eigenvalue weighted by Gasteiger charge is -2.34. The normalized spacial score (nSPS) is 21.8. The van der Waals surface area contributed by atoms with Gasteiger partial charge in [0, 0.05) is 34.6 Å². The molecule has 3 aromatic rings. The van der Waals surface area contributed by atoms with Crippen molar-refractivity contribution in [2.45, 2.75) is 84.2 Å². The highest BCUT2D eigenvalue weighted by molar-refractivity contribution is 9.10. The Balaban J connectivity index is 1.58. The minimum Gasteiger partial charge on any atom is -0.377 e. The molecular weight excluding hydrogens is 634 g/mol. The number of rotatable bonds is 3. The number of nitrogens with one attached hydrogen (secondary N) is 1. The van der Waals surface area contributed by atoms with Gasteiger partial charge in [-0.2, -0.15) is 13.2 Å². The number of aromatic nitrogens is 2. The Morgan fingerprint density at radius 2 is 1.86 bits per heavy atom. The maximum Gasteiger partial charge on any atom is 0.400 e. The average molecular weight is 664 g/mol. The highest BCUT2D eigenvalue weighted by atomic mass is 79.9. The molecule has 0 spiro atoms. The summed E-state index contributed by atoms with van der Waals surface area (Å²) in [6.07, 6.45) is -4.06. The van der Waals surface area contributed by atoms with Crippen LogP contribution in [0.25, 0.3) is 22.3 Å². The van der Waals surface area contributed by atoms with E-state index in [0.717, 1.165) is 0 Å². The maximum absolute atomic E-state index is 15.0. The number of alkyl halides is 3. The minimum absolute atomic E-state index is 0.0190. The predicted molar refractivity (Wildman–Crippen MR) is 154 cm³/mol. The van der Waals surface area contributed by atoms with Gasteiger partial charge in [-0.15, -0.1) is 0 Å². The van der Waals surface area contributed by atoms with E-state index in [1.165, 1.54) is 31.4 Å². The summed E-state index contributed by atoms with van der Waals surface area (Å²) in [5.41, 5.74) is -0.631. The molecular formula is C31H30BrF4N3O4. The molecule has 2 aromatic heterocycles. The zero-order chi connectivity index (χ0) is 31.4. The van der Waals surface area contributed by atoms with E-state index in [2.05, 4.69) is 21.2 Å². The van der Waals surface area contributed by atoms with Crippen LogP contribution < -0.4 is 10.9 Å². The monoisotopic (exact) mass is 663 g/mol. The van der Waals surface area contributed by atoms with E-state index in [4.69, 9.17) is 4.98 Å². The molecule has 1 amide bonds. The van der Waals surface area contributed by atoms with E-state index in [1.54, 1.807) is 13.0 Å². The second-order valence-electron chi connectivity index (χ2n) is 12.8. The summed E-state index contributed by atoms with van der Waals surface area (Å²) >= 11 is 3.31. The van der Waals surface area contributed by atoms with Gasteiger partial charge in [0.25, 0.3) is 5.56 Å². The van der Waals surface area contributed by atoms with Crippen LogP contribution in [-0.4, -0.2) is 32.5 Å². The molecule has 3 atom stereocenters. The number of nitrogens with zero attached hydrogens (tertiary/aromatic N) is 2. The molecule has 6 rings (SSSR count). The van der Waals surface area contributed by atoms with Crippen LogP contribution in [-0.2, 0) is 34.6 Å². The number of Topliss-reactive ketones (excluding diaryl/α,β-unsaturated/α-hetero) is 1. The van der Waals surface area contributed by atoms with Crippen LogP contribution in [0.1, 0.15) is 80.8 Å². The summed E-state index contributed by atoms with van der Waals surface area (Å²) in [7, 11) is 0. The number of aliphatic hydroxyl groups is 1. The van der Waals surface area contributed by atoms with E-state index >= 15 is 4.39 Å². The number of fused-ring (bicyclic) bond motifs is 5. The van der Waals surface area contributed by atoms with Crippen LogP contribution in [0.3, 0.4) is 0 Å². The first-order valence-electron chi connectivity index (χ1n) is 14.2. The van der Waals surface area contributed by atoms with Gasteiger partial charge >= 0.3 is 6.18 Å². The van der Waals surface area contributed by atoms with Crippen LogP contribution in [0.15, 0.2) is 21.4 Å². The Labute approximate surface area is 252 Å². The fourth-order valence-electron chi connectivity index (χ4n) is 7.17. The third-order valence-corrected chi connectivity index (χ3v) is 10.0. The third-order valence-electron chi connectivity index (χ3n) is 9.19. The number of hydrogen-bond acceptors (Lipinski definition) is 5. The van der Waals surface area contributed by atoms with Gasteiger partial charge in [0.15, 0.2) is 5.78 Å². The Kier molecular flexibility index (Phi) is 6.74. The molecule has 0 radical (unpaired) electrons. The fraction of sp³-hybridized carbons (Fsp3) is 0.484. The van der Waals surface area contributed by atoms with Crippen LogP contribution >= 0.6 is 15.9 Å². The lowest BCUT2D eigenvalue weighted by molar-refractivity contribution is -0.202. The number of amides is 1. The largest absolute Gasteiger partial charge is 0.400 e. The molecule has 0 bridgehead atoms. The first kappa shape index (κ1) is 29.9. The Morgan fingerprint density at radius 3 is 2.49 bits per heavy atom. The van der Waals surface area contributed by atoms with Gasteiger partial charge in [0.1, 0.15) is 17.3 Å². The standard InChI is InChI=1S/C31H30BrF4N3O4/c1-5-30(43)16-10-20-25-15(12-39(20)28(42)13(16)7-9-21(30)40)23-18(38-27(41)26(29(2,3)4)31(34,35)36)8-6-14-22(23)19(37-25)11-17(33)24(14)32/h10-11,18,26,43H,5-9,12H2,1-4H3,(H,38,41)/t18-,26?,30-/m0/s1. The van der Waals surface area contributed by atoms with Gasteiger partial charge in [-0.1, -0.05) is 27.7 Å². The molecule has 2 aliphatic carbocycles. The zero-order valence-corrected chi connectivity index (χ0v) is 25.6. The molecule has 1 aliphatic heterocycles. The number of carbonyl (C=O) groups is 2. The van der Waals surface area contributed by atoms with E-state index in [9.17, 15) is 32.7 Å². The van der Waals surface area contributed by atoms with Gasteiger partial charge in [-0.3, -0.25) is 14.4 Å². The molecule has 0 saturated carbocycles. The number of halogens is 5. The van der Waals surface area contributed by atoms with Crippen molar-refractivity contribution in [3.05, 3.63) is 60.6 Å². The van der Waals surface area contributed by atoms with Gasteiger partial charge in [0.05, 0.1) is 34.0 Å². The molecule has 0 fully saturated rings. The number of hydrogen-bond donors (Lipinski definition) is 2. The number of ketones is 1. The van der Waals surface area contributed by atoms with Crippen molar-refractivity contribution in [1.82, 2.24) is 14.9 Å². The third kappa shape index (κ3) is 4.38. The number of aryl methyl sites for hydroxylation is 1. The van der Waals surface area contributed by atoms with Crippen LogP contribution in [0.2, 0.25) is 0 Å². The van der Waals surface area contributed by atoms with Crippen molar-refractivity contribution in [1.29, 1.82) is 0 Å². The molecule has 3 heterocycles.